The van der Waals surface area contributed by atoms with Crippen LogP contribution in [0.1, 0.15) is 32.5 Å². The van der Waals surface area contributed by atoms with Gasteiger partial charge in [-0.1, -0.05) is 25.1 Å². The van der Waals surface area contributed by atoms with Crippen LogP contribution in [-0.2, 0) is 17.8 Å². The second kappa shape index (κ2) is 8.43. The molecule has 2 heterocycles. The van der Waals surface area contributed by atoms with E-state index in [2.05, 4.69) is 27.5 Å². The van der Waals surface area contributed by atoms with Crippen LogP contribution in [0.5, 0.6) is 0 Å². The molecule has 0 spiro atoms. The number of aliphatic hydroxyl groups is 1. The molecule has 0 fully saturated rings. The van der Waals surface area contributed by atoms with Crippen LogP contribution in [0.3, 0.4) is 0 Å². The lowest BCUT2D eigenvalue weighted by Crippen LogP contribution is -2.04. The van der Waals surface area contributed by atoms with Crippen molar-refractivity contribution in [2.75, 3.05) is 12.3 Å². The van der Waals surface area contributed by atoms with Crippen LogP contribution >= 0.6 is 0 Å². The molecule has 7 nitrogen and oxygen atoms in total. The number of hydrogen-bond donors (Lipinski definition) is 3. The van der Waals surface area contributed by atoms with Crippen molar-refractivity contribution in [3.63, 3.8) is 0 Å². The number of aliphatic hydroxyl groups excluding tert-OH is 1. The summed E-state index contributed by atoms with van der Waals surface area (Å²) in [7, 11) is 0. The number of carboxylic acid groups (broad SMARTS) is 1. The van der Waals surface area contributed by atoms with Gasteiger partial charge in [-0.15, -0.1) is 0 Å². The molecule has 1 aromatic carbocycles. The van der Waals surface area contributed by atoms with Gasteiger partial charge >= 0.3 is 0 Å². The Labute approximate surface area is 146 Å². The number of rotatable bonds is 5. The van der Waals surface area contributed by atoms with Crippen LogP contribution in [0.25, 0.3) is 21.9 Å². The maximum Gasteiger partial charge on any atom is 0.300 e. The molecule has 0 saturated heterocycles. The quantitative estimate of drug-likeness (QED) is 0.613. The monoisotopic (exact) mass is 344 g/mol. The van der Waals surface area contributed by atoms with Crippen molar-refractivity contribution >= 4 is 33.7 Å². The van der Waals surface area contributed by atoms with Gasteiger partial charge in [0.2, 0.25) is 0 Å². The first-order valence-electron chi connectivity index (χ1n) is 8.33. The molecule has 0 unspecified atom stereocenters. The first kappa shape index (κ1) is 18.7. The number of benzene rings is 1. The number of anilines is 1. The summed E-state index contributed by atoms with van der Waals surface area (Å²) >= 11 is 0. The number of carbonyl (C=O) groups is 1. The highest BCUT2D eigenvalue weighted by molar-refractivity contribution is 6.06. The van der Waals surface area contributed by atoms with Gasteiger partial charge < -0.3 is 20.5 Å². The standard InChI is InChI=1S/C16H20N4O.C2H4O2/c1-2-13-19-14-15(20(13)9-5-6-10-21)11-7-3-4-8-12(11)18-16(14)17;1-2(3)4/h3-4,7-8,21H,2,5-6,9-10H2,1H3,(H2,17,18);1H3,(H,3,4). The molecule has 0 aliphatic rings. The van der Waals surface area contributed by atoms with Crippen LogP contribution in [0, 0.1) is 0 Å². The number of pyridine rings is 1. The number of imidazole rings is 1. The Morgan fingerprint density at radius 3 is 2.56 bits per heavy atom. The van der Waals surface area contributed by atoms with Gasteiger partial charge in [0.25, 0.3) is 5.97 Å². The molecular formula is C18H24N4O3. The summed E-state index contributed by atoms with van der Waals surface area (Å²) in [6.45, 7) is 4.24. The van der Waals surface area contributed by atoms with Crippen molar-refractivity contribution in [1.29, 1.82) is 0 Å². The minimum absolute atomic E-state index is 0.221. The lowest BCUT2D eigenvalue weighted by molar-refractivity contribution is -0.134. The number of hydrogen-bond acceptors (Lipinski definition) is 5. The molecule has 7 heteroatoms. The van der Waals surface area contributed by atoms with E-state index in [-0.39, 0.29) is 6.61 Å². The van der Waals surface area contributed by atoms with Crippen molar-refractivity contribution < 1.29 is 15.0 Å². The van der Waals surface area contributed by atoms with Gasteiger partial charge in [0.15, 0.2) is 5.82 Å². The van der Waals surface area contributed by atoms with Gasteiger partial charge in [-0.3, -0.25) is 4.79 Å². The van der Waals surface area contributed by atoms with Crippen molar-refractivity contribution in [1.82, 2.24) is 14.5 Å². The Morgan fingerprint density at radius 2 is 1.92 bits per heavy atom. The molecule has 0 aliphatic carbocycles. The number of para-hydroxylation sites is 1. The maximum atomic E-state index is 9.00. The third kappa shape index (κ3) is 4.24. The van der Waals surface area contributed by atoms with Gasteiger partial charge in [-0.25, -0.2) is 9.97 Å². The van der Waals surface area contributed by atoms with E-state index in [1.807, 2.05) is 18.2 Å². The number of nitrogens with two attached hydrogens (primary N) is 1. The first-order chi connectivity index (χ1) is 12.0. The summed E-state index contributed by atoms with van der Waals surface area (Å²) in [5.74, 6) is 0.673. The van der Waals surface area contributed by atoms with Crippen molar-refractivity contribution in [3.8, 4) is 0 Å². The maximum absolute atomic E-state index is 9.00. The molecule has 0 saturated carbocycles. The van der Waals surface area contributed by atoms with Crippen LogP contribution in [-0.4, -0.2) is 37.3 Å². The number of aromatic nitrogens is 3. The van der Waals surface area contributed by atoms with E-state index >= 15 is 0 Å². The molecule has 3 rings (SSSR count). The second-order valence-corrected chi connectivity index (χ2v) is 5.69. The Hall–Kier alpha value is -2.67. The zero-order chi connectivity index (χ0) is 18.4. The summed E-state index contributed by atoms with van der Waals surface area (Å²) in [4.78, 5) is 18.1. The van der Waals surface area contributed by atoms with Crippen molar-refractivity contribution in [2.45, 2.75) is 39.7 Å². The zero-order valence-corrected chi connectivity index (χ0v) is 14.6. The highest BCUT2D eigenvalue weighted by atomic mass is 16.4. The molecule has 0 aliphatic heterocycles. The normalized spacial score (nSPS) is 10.7. The number of unbranched alkanes of at least 4 members (excludes halogenated alkanes) is 1. The third-order valence-corrected chi connectivity index (χ3v) is 3.80. The Morgan fingerprint density at radius 1 is 1.24 bits per heavy atom. The number of nitrogens with zero attached hydrogens (tertiary/aromatic N) is 3. The molecule has 134 valence electrons. The van der Waals surface area contributed by atoms with Gasteiger partial charge in [0.05, 0.1) is 11.0 Å². The highest BCUT2D eigenvalue weighted by Gasteiger charge is 2.15. The molecule has 4 N–H and O–H groups in total. The van der Waals surface area contributed by atoms with E-state index in [9.17, 15) is 0 Å². The van der Waals surface area contributed by atoms with E-state index < -0.39 is 5.97 Å². The predicted molar refractivity (Wildman–Crippen MR) is 98.5 cm³/mol. The second-order valence-electron chi connectivity index (χ2n) is 5.69. The lowest BCUT2D eigenvalue weighted by Gasteiger charge is -2.09. The Balaban J connectivity index is 0.000000511. The number of nitrogen functional groups attached to an aromatic ring is 1. The Bertz CT molecular complexity index is 870. The van der Waals surface area contributed by atoms with Gasteiger partial charge in [0, 0.05) is 31.9 Å². The molecule has 3 aromatic rings. The van der Waals surface area contributed by atoms with Gasteiger partial charge in [-0.05, 0) is 18.9 Å². The fourth-order valence-electron chi connectivity index (χ4n) is 2.80. The van der Waals surface area contributed by atoms with Crippen molar-refractivity contribution in [3.05, 3.63) is 30.1 Å². The topological polar surface area (TPSA) is 114 Å². The summed E-state index contributed by atoms with van der Waals surface area (Å²) < 4.78 is 2.23. The summed E-state index contributed by atoms with van der Waals surface area (Å²) in [6.07, 6.45) is 2.56. The number of carboxylic acids is 1. The van der Waals surface area contributed by atoms with E-state index in [1.165, 1.54) is 0 Å². The number of aliphatic carboxylic acids is 1. The average Bonchev–Trinajstić information content (AvgIpc) is 2.94. The Kier molecular flexibility index (Phi) is 6.30. The minimum atomic E-state index is -0.833. The lowest BCUT2D eigenvalue weighted by atomic mass is 10.2. The first-order valence-corrected chi connectivity index (χ1v) is 8.33. The molecule has 0 atom stereocenters. The molecule has 2 aromatic heterocycles. The largest absolute Gasteiger partial charge is 0.481 e. The zero-order valence-electron chi connectivity index (χ0n) is 14.6. The molecule has 0 radical (unpaired) electrons. The molecule has 0 bridgehead atoms. The van der Waals surface area contributed by atoms with E-state index in [0.29, 0.717) is 5.82 Å². The van der Waals surface area contributed by atoms with Crippen LogP contribution < -0.4 is 5.73 Å². The fourth-order valence-corrected chi connectivity index (χ4v) is 2.80. The van der Waals surface area contributed by atoms with Crippen molar-refractivity contribution in [2.24, 2.45) is 0 Å². The predicted octanol–water partition coefficient (Wildman–Crippen LogP) is 2.59. The van der Waals surface area contributed by atoms with Crippen LogP contribution in [0.4, 0.5) is 5.82 Å². The highest BCUT2D eigenvalue weighted by Crippen LogP contribution is 2.29. The molecule has 25 heavy (non-hydrogen) atoms. The van der Waals surface area contributed by atoms with E-state index in [4.69, 9.17) is 20.7 Å². The summed E-state index contributed by atoms with van der Waals surface area (Å²) in [6, 6.07) is 8.01. The summed E-state index contributed by atoms with van der Waals surface area (Å²) in [5.41, 5.74) is 8.83. The van der Waals surface area contributed by atoms with Gasteiger partial charge in [-0.2, -0.15) is 0 Å². The SMILES string of the molecule is CC(=O)O.CCc1nc2c(N)nc3ccccc3c2n1CCCCO. The molecule has 0 amide bonds. The number of fused-ring (bicyclic) bond motifs is 3. The summed E-state index contributed by atoms with van der Waals surface area (Å²) in [5, 5.41) is 17.5. The number of aryl methyl sites for hydroxylation is 2. The van der Waals surface area contributed by atoms with Gasteiger partial charge in [0.1, 0.15) is 11.3 Å². The van der Waals surface area contributed by atoms with E-state index in [1.54, 1.807) is 0 Å². The fraction of sp³-hybridized carbons (Fsp3) is 0.389. The molecular weight excluding hydrogens is 320 g/mol. The van der Waals surface area contributed by atoms with E-state index in [0.717, 1.165) is 60.5 Å². The van der Waals surface area contributed by atoms with Crippen LogP contribution in [0.15, 0.2) is 24.3 Å². The third-order valence-electron chi connectivity index (χ3n) is 3.80. The minimum Gasteiger partial charge on any atom is -0.481 e. The van der Waals surface area contributed by atoms with Crippen LogP contribution in [0.2, 0.25) is 0 Å². The smallest absolute Gasteiger partial charge is 0.300 e. The average molecular weight is 344 g/mol.